The van der Waals surface area contributed by atoms with Gasteiger partial charge in [-0.15, -0.1) is 0 Å². The molecule has 0 spiro atoms. The Morgan fingerprint density at radius 2 is 2.04 bits per heavy atom. The molecule has 0 atom stereocenters. The molecule has 1 aromatic carbocycles. The number of hydrogen-bond donors (Lipinski definition) is 1. The van der Waals surface area contributed by atoms with Crippen LogP contribution >= 0.6 is 0 Å². The van der Waals surface area contributed by atoms with E-state index in [1.807, 2.05) is 6.92 Å². The summed E-state index contributed by atoms with van der Waals surface area (Å²) >= 11 is 0. The summed E-state index contributed by atoms with van der Waals surface area (Å²) in [6.07, 6.45) is 2.13. The van der Waals surface area contributed by atoms with E-state index in [4.69, 9.17) is 5.11 Å². The Morgan fingerprint density at radius 1 is 1.26 bits per heavy atom. The van der Waals surface area contributed by atoms with Crippen molar-refractivity contribution in [2.75, 3.05) is 0 Å². The zero-order valence-electron chi connectivity index (χ0n) is 12.3. The van der Waals surface area contributed by atoms with E-state index in [0.717, 1.165) is 0 Å². The zero-order valence-corrected chi connectivity index (χ0v) is 12.3. The number of aromatic nitrogens is 4. The molecule has 2 aromatic heterocycles. The predicted octanol–water partition coefficient (Wildman–Crippen LogP) is 2.73. The van der Waals surface area contributed by atoms with Gasteiger partial charge in [0.05, 0.1) is 5.56 Å². The Bertz CT molecular complexity index is 876. The zero-order chi connectivity index (χ0) is 16.4. The summed E-state index contributed by atoms with van der Waals surface area (Å²) in [5.41, 5.74) is 0.907. The van der Waals surface area contributed by atoms with Crippen molar-refractivity contribution in [1.29, 1.82) is 0 Å². The number of halogens is 1. The van der Waals surface area contributed by atoms with Gasteiger partial charge in [0.1, 0.15) is 5.82 Å². The molecule has 6 nitrogen and oxygen atoms in total. The van der Waals surface area contributed by atoms with E-state index in [-0.39, 0.29) is 17.1 Å². The molecule has 3 rings (SSSR count). The maximum Gasteiger partial charge on any atom is 0.356 e. The molecule has 23 heavy (non-hydrogen) atoms. The van der Waals surface area contributed by atoms with E-state index < -0.39 is 11.8 Å². The monoisotopic (exact) mass is 312 g/mol. The van der Waals surface area contributed by atoms with Gasteiger partial charge in [0.25, 0.3) is 0 Å². The molecule has 0 bridgehead atoms. The molecule has 0 aliphatic carbocycles. The van der Waals surface area contributed by atoms with Gasteiger partial charge in [-0.3, -0.25) is 0 Å². The Labute approximate surface area is 131 Å². The van der Waals surface area contributed by atoms with Gasteiger partial charge in [-0.2, -0.15) is 5.10 Å². The van der Waals surface area contributed by atoms with Crippen LogP contribution in [-0.4, -0.2) is 30.8 Å². The quantitative estimate of drug-likeness (QED) is 0.801. The van der Waals surface area contributed by atoms with Gasteiger partial charge in [-0.25, -0.2) is 23.8 Å². The summed E-state index contributed by atoms with van der Waals surface area (Å²) in [4.78, 5) is 19.6. The lowest BCUT2D eigenvalue weighted by atomic mass is 10.2. The Balaban J connectivity index is 2.13. The lowest BCUT2D eigenvalue weighted by molar-refractivity contribution is 0.0690. The minimum Gasteiger partial charge on any atom is -0.476 e. The number of carboxylic acids is 1. The van der Waals surface area contributed by atoms with Crippen LogP contribution in [0.2, 0.25) is 0 Å². The second-order valence-electron chi connectivity index (χ2n) is 4.83. The SMILES string of the molecule is CCc1cc(-n2ccc(C(=O)O)n2)nc(-c2ccccc2F)n1. The van der Waals surface area contributed by atoms with E-state index in [9.17, 15) is 9.18 Å². The van der Waals surface area contributed by atoms with Crippen molar-refractivity contribution in [1.82, 2.24) is 19.7 Å². The molecule has 0 radical (unpaired) electrons. The van der Waals surface area contributed by atoms with Crippen molar-refractivity contribution in [3.8, 4) is 17.2 Å². The van der Waals surface area contributed by atoms with Crippen LogP contribution in [0.15, 0.2) is 42.6 Å². The van der Waals surface area contributed by atoms with Crippen molar-refractivity contribution < 1.29 is 14.3 Å². The van der Waals surface area contributed by atoms with Crippen LogP contribution in [0.4, 0.5) is 4.39 Å². The van der Waals surface area contributed by atoms with E-state index in [1.54, 1.807) is 24.3 Å². The number of carbonyl (C=O) groups is 1. The van der Waals surface area contributed by atoms with Gasteiger partial charge in [-0.1, -0.05) is 19.1 Å². The average molecular weight is 312 g/mol. The molecule has 0 saturated carbocycles. The third-order valence-corrected chi connectivity index (χ3v) is 3.29. The number of aryl methyl sites for hydroxylation is 1. The summed E-state index contributed by atoms with van der Waals surface area (Å²) in [5.74, 6) is -0.909. The third kappa shape index (κ3) is 2.94. The second kappa shape index (κ2) is 5.96. The fourth-order valence-electron chi connectivity index (χ4n) is 2.11. The second-order valence-corrected chi connectivity index (χ2v) is 4.83. The first-order valence-electron chi connectivity index (χ1n) is 7.00. The maximum absolute atomic E-state index is 14.0. The van der Waals surface area contributed by atoms with Crippen molar-refractivity contribution in [3.05, 3.63) is 59.8 Å². The van der Waals surface area contributed by atoms with Gasteiger partial charge >= 0.3 is 5.97 Å². The van der Waals surface area contributed by atoms with Crippen LogP contribution in [0, 0.1) is 5.82 Å². The fraction of sp³-hybridized carbons (Fsp3) is 0.125. The topological polar surface area (TPSA) is 80.9 Å². The minimum atomic E-state index is -1.12. The summed E-state index contributed by atoms with van der Waals surface area (Å²) in [7, 11) is 0. The summed E-state index contributed by atoms with van der Waals surface area (Å²) < 4.78 is 15.3. The van der Waals surface area contributed by atoms with E-state index in [2.05, 4.69) is 15.1 Å². The lowest BCUT2D eigenvalue weighted by Crippen LogP contribution is -2.06. The third-order valence-electron chi connectivity index (χ3n) is 3.29. The van der Waals surface area contributed by atoms with Crippen LogP contribution in [0.5, 0.6) is 0 Å². The lowest BCUT2D eigenvalue weighted by Gasteiger charge is -2.08. The molecular weight excluding hydrogens is 299 g/mol. The van der Waals surface area contributed by atoms with Crippen molar-refractivity contribution in [3.63, 3.8) is 0 Å². The molecule has 1 N–H and O–H groups in total. The van der Waals surface area contributed by atoms with E-state index in [1.165, 1.54) is 23.0 Å². The molecular formula is C16H13FN4O2. The van der Waals surface area contributed by atoms with Gasteiger partial charge in [0.2, 0.25) is 0 Å². The smallest absolute Gasteiger partial charge is 0.356 e. The molecule has 0 fully saturated rings. The number of benzene rings is 1. The van der Waals surface area contributed by atoms with Gasteiger partial charge < -0.3 is 5.11 Å². The molecule has 0 saturated heterocycles. The molecule has 3 aromatic rings. The molecule has 0 amide bonds. The first-order chi connectivity index (χ1) is 11.1. The van der Waals surface area contributed by atoms with Crippen molar-refractivity contribution in [2.24, 2.45) is 0 Å². The van der Waals surface area contributed by atoms with E-state index >= 15 is 0 Å². The van der Waals surface area contributed by atoms with Crippen LogP contribution in [0.3, 0.4) is 0 Å². The number of hydrogen-bond acceptors (Lipinski definition) is 4. The van der Waals surface area contributed by atoms with Crippen molar-refractivity contribution in [2.45, 2.75) is 13.3 Å². The number of nitrogens with zero attached hydrogens (tertiary/aromatic N) is 4. The molecule has 2 heterocycles. The predicted molar refractivity (Wildman–Crippen MR) is 80.9 cm³/mol. The van der Waals surface area contributed by atoms with Crippen LogP contribution in [0.1, 0.15) is 23.1 Å². The Kier molecular flexibility index (Phi) is 3.84. The van der Waals surface area contributed by atoms with Gasteiger partial charge in [0, 0.05) is 18.0 Å². The Morgan fingerprint density at radius 3 is 2.70 bits per heavy atom. The van der Waals surface area contributed by atoms with Gasteiger partial charge in [0.15, 0.2) is 17.3 Å². The Hall–Kier alpha value is -3.09. The normalized spacial score (nSPS) is 10.7. The molecule has 7 heteroatoms. The summed E-state index contributed by atoms with van der Waals surface area (Å²) in [6, 6.07) is 9.31. The van der Waals surface area contributed by atoms with Gasteiger partial charge in [-0.05, 0) is 24.6 Å². The van der Waals surface area contributed by atoms with Crippen molar-refractivity contribution >= 4 is 5.97 Å². The van der Waals surface area contributed by atoms with Crippen LogP contribution in [-0.2, 0) is 6.42 Å². The first-order valence-corrected chi connectivity index (χ1v) is 7.00. The number of aromatic carboxylic acids is 1. The average Bonchev–Trinajstić information content (AvgIpc) is 3.05. The molecule has 0 aliphatic heterocycles. The highest BCUT2D eigenvalue weighted by Crippen LogP contribution is 2.21. The number of carboxylic acid groups (broad SMARTS) is 1. The highest BCUT2D eigenvalue weighted by atomic mass is 19.1. The summed E-state index contributed by atoms with van der Waals surface area (Å²) in [5, 5.41) is 12.9. The van der Waals surface area contributed by atoms with E-state index in [0.29, 0.717) is 17.9 Å². The number of rotatable bonds is 4. The maximum atomic E-state index is 14.0. The molecule has 116 valence electrons. The largest absolute Gasteiger partial charge is 0.476 e. The van der Waals surface area contributed by atoms with Crippen LogP contribution < -0.4 is 0 Å². The summed E-state index contributed by atoms with van der Waals surface area (Å²) in [6.45, 7) is 1.92. The first kappa shape index (κ1) is 14.8. The highest BCUT2D eigenvalue weighted by Gasteiger charge is 2.13. The molecule has 0 unspecified atom stereocenters. The standard InChI is InChI=1S/C16H13FN4O2/c1-2-10-9-14(21-8-7-13(20-21)16(22)23)19-15(18-10)11-5-3-4-6-12(11)17/h3-9H,2H2,1H3,(H,22,23). The fourth-order valence-corrected chi connectivity index (χ4v) is 2.11. The molecule has 0 aliphatic rings. The highest BCUT2D eigenvalue weighted by molar-refractivity contribution is 5.85. The van der Waals surface area contributed by atoms with Crippen LogP contribution in [0.25, 0.3) is 17.2 Å². The minimum absolute atomic E-state index is 0.0888.